The zero-order valence-electron chi connectivity index (χ0n) is 10.0. The highest BCUT2D eigenvalue weighted by molar-refractivity contribution is 5.13. The van der Waals surface area contributed by atoms with Crippen LogP contribution in [0.4, 0.5) is 0 Å². The highest BCUT2D eigenvalue weighted by Gasteiger charge is 2.14. The fraction of sp³-hybridized carbons (Fsp3) is 0.615. The Morgan fingerprint density at radius 2 is 2.07 bits per heavy atom. The number of hydrogen-bond donors (Lipinski definition) is 1. The molecular weight excluding hydrogens is 184 g/mol. The summed E-state index contributed by atoms with van der Waals surface area (Å²) in [6, 6.07) is 4.60. The van der Waals surface area contributed by atoms with Crippen LogP contribution in [0.25, 0.3) is 0 Å². The van der Waals surface area contributed by atoms with Crippen molar-refractivity contribution in [1.82, 2.24) is 10.3 Å². The quantitative estimate of drug-likeness (QED) is 0.773. The van der Waals surface area contributed by atoms with E-state index in [1.54, 1.807) is 0 Å². The Bertz CT molecular complexity index is 254. The van der Waals surface area contributed by atoms with E-state index in [0.717, 1.165) is 5.92 Å². The van der Waals surface area contributed by atoms with Gasteiger partial charge in [0.1, 0.15) is 0 Å². The molecule has 1 unspecified atom stereocenters. The zero-order valence-corrected chi connectivity index (χ0v) is 10.0. The molecule has 1 aromatic rings. The molecule has 0 bridgehead atoms. The molecular formula is C13H22N2. The first-order chi connectivity index (χ1) is 7.31. The second-order valence-electron chi connectivity index (χ2n) is 4.05. The number of pyridine rings is 1. The van der Waals surface area contributed by atoms with E-state index < -0.39 is 0 Å². The van der Waals surface area contributed by atoms with Gasteiger partial charge in [-0.05, 0) is 31.0 Å². The van der Waals surface area contributed by atoms with Gasteiger partial charge in [-0.25, -0.2) is 0 Å². The molecule has 0 aliphatic carbocycles. The first-order valence-corrected chi connectivity index (χ1v) is 5.88. The molecule has 0 amide bonds. The molecule has 0 radical (unpaired) electrons. The lowest BCUT2D eigenvalue weighted by Crippen LogP contribution is -2.19. The number of nitrogens with zero attached hydrogens (tertiary/aromatic N) is 1. The molecule has 1 N–H and O–H groups in total. The van der Waals surface area contributed by atoms with Crippen molar-refractivity contribution in [1.29, 1.82) is 0 Å². The predicted molar refractivity (Wildman–Crippen MR) is 64.7 cm³/mol. The minimum Gasteiger partial charge on any atom is -0.313 e. The van der Waals surface area contributed by atoms with Gasteiger partial charge in [-0.15, -0.1) is 0 Å². The number of aromatic nitrogens is 1. The van der Waals surface area contributed by atoms with Crippen LogP contribution in [0.5, 0.6) is 0 Å². The van der Waals surface area contributed by atoms with Gasteiger partial charge in [0.05, 0.1) is 0 Å². The third kappa shape index (κ3) is 3.63. The Morgan fingerprint density at radius 1 is 1.33 bits per heavy atom. The van der Waals surface area contributed by atoms with Gasteiger partial charge >= 0.3 is 0 Å². The molecule has 0 saturated carbocycles. The van der Waals surface area contributed by atoms with Crippen molar-refractivity contribution in [3.63, 3.8) is 0 Å². The summed E-state index contributed by atoms with van der Waals surface area (Å²) in [5, 5.41) is 3.38. The second-order valence-corrected chi connectivity index (χ2v) is 4.05. The van der Waals surface area contributed by atoms with Crippen LogP contribution in [0, 0.1) is 5.92 Å². The van der Waals surface area contributed by atoms with Gasteiger partial charge in [-0.3, -0.25) is 4.98 Å². The summed E-state index contributed by atoms with van der Waals surface area (Å²) in [6.45, 7) is 4.54. The van der Waals surface area contributed by atoms with E-state index in [1.807, 2.05) is 25.5 Å². The van der Waals surface area contributed by atoms with E-state index in [1.165, 1.54) is 24.8 Å². The molecule has 0 aliphatic heterocycles. The van der Waals surface area contributed by atoms with Gasteiger partial charge in [0.25, 0.3) is 0 Å². The van der Waals surface area contributed by atoms with Crippen molar-refractivity contribution in [2.45, 2.75) is 39.2 Å². The minimum absolute atomic E-state index is 0.448. The van der Waals surface area contributed by atoms with Gasteiger partial charge in [0, 0.05) is 18.4 Å². The van der Waals surface area contributed by atoms with Gasteiger partial charge < -0.3 is 5.32 Å². The maximum atomic E-state index is 4.17. The Hall–Kier alpha value is -0.890. The van der Waals surface area contributed by atoms with Gasteiger partial charge in [0.2, 0.25) is 0 Å². The van der Waals surface area contributed by atoms with E-state index in [0.29, 0.717) is 6.04 Å². The van der Waals surface area contributed by atoms with E-state index in [2.05, 4.69) is 30.2 Å². The van der Waals surface area contributed by atoms with Gasteiger partial charge in [-0.1, -0.05) is 32.8 Å². The Labute approximate surface area is 93.1 Å². The van der Waals surface area contributed by atoms with Gasteiger partial charge in [0.15, 0.2) is 0 Å². The molecule has 0 aliphatic rings. The Kier molecular flexibility index (Phi) is 5.33. The van der Waals surface area contributed by atoms with Crippen LogP contribution in [0.15, 0.2) is 24.5 Å². The van der Waals surface area contributed by atoms with Crippen LogP contribution < -0.4 is 5.32 Å². The number of nitrogens with one attached hydrogen (secondary N) is 1. The molecule has 0 aromatic carbocycles. The SMILES string of the molecule is CCC(CC)CC(NC)c1cccnc1. The molecule has 1 atom stereocenters. The summed E-state index contributed by atoms with van der Waals surface area (Å²) in [5.74, 6) is 0.808. The average Bonchev–Trinajstić information content (AvgIpc) is 2.32. The van der Waals surface area contributed by atoms with Crippen molar-refractivity contribution in [2.75, 3.05) is 7.05 Å². The van der Waals surface area contributed by atoms with Crippen LogP contribution >= 0.6 is 0 Å². The summed E-state index contributed by atoms with van der Waals surface area (Å²) in [6.07, 6.45) is 7.51. The van der Waals surface area contributed by atoms with Crippen molar-refractivity contribution in [3.8, 4) is 0 Å². The summed E-state index contributed by atoms with van der Waals surface area (Å²) in [7, 11) is 2.03. The van der Waals surface area contributed by atoms with Crippen molar-refractivity contribution < 1.29 is 0 Å². The summed E-state index contributed by atoms with van der Waals surface area (Å²) < 4.78 is 0. The highest BCUT2D eigenvalue weighted by Crippen LogP contribution is 2.24. The lowest BCUT2D eigenvalue weighted by molar-refractivity contribution is 0.385. The largest absolute Gasteiger partial charge is 0.313 e. The summed E-state index contributed by atoms with van der Waals surface area (Å²) >= 11 is 0. The Balaban J connectivity index is 2.64. The fourth-order valence-electron chi connectivity index (χ4n) is 1.96. The molecule has 0 saturated heterocycles. The Morgan fingerprint density at radius 3 is 2.53 bits per heavy atom. The van der Waals surface area contributed by atoms with Crippen LogP contribution in [-0.2, 0) is 0 Å². The second kappa shape index (κ2) is 6.57. The van der Waals surface area contributed by atoms with E-state index in [-0.39, 0.29) is 0 Å². The minimum atomic E-state index is 0.448. The lowest BCUT2D eigenvalue weighted by Gasteiger charge is -2.21. The average molecular weight is 206 g/mol. The van der Waals surface area contributed by atoms with Gasteiger partial charge in [-0.2, -0.15) is 0 Å². The topological polar surface area (TPSA) is 24.9 Å². The first kappa shape index (κ1) is 12.2. The number of hydrogen-bond acceptors (Lipinski definition) is 2. The highest BCUT2D eigenvalue weighted by atomic mass is 14.9. The molecule has 2 nitrogen and oxygen atoms in total. The molecule has 0 spiro atoms. The molecule has 0 fully saturated rings. The van der Waals surface area contributed by atoms with Crippen LogP contribution in [0.2, 0.25) is 0 Å². The third-order valence-corrected chi connectivity index (χ3v) is 3.16. The van der Waals surface area contributed by atoms with Crippen LogP contribution in [0.3, 0.4) is 0 Å². The molecule has 15 heavy (non-hydrogen) atoms. The normalized spacial score (nSPS) is 13.1. The van der Waals surface area contributed by atoms with E-state index in [9.17, 15) is 0 Å². The standard InChI is InChI=1S/C13H22N2/c1-4-11(5-2)9-13(14-3)12-7-6-8-15-10-12/h6-8,10-11,13-14H,4-5,9H2,1-3H3. The van der Waals surface area contributed by atoms with Crippen LogP contribution in [-0.4, -0.2) is 12.0 Å². The molecule has 1 heterocycles. The summed E-state index contributed by atoms with van der Waals surface area (Å²) in [4.78, 5) is 4.17. The van der Waals surface area contributed by atoms with Crippen molar-refractivity contribution in [2.24, 2.45) is 5.92 Å². The lowest BCUT2D eigenvalue weighted by atomic mass is 9.92. The maximum absolute atomic E-state index is 4.17. The monoisotopic (exact) mass is 206 g/mol. The maximum Gasteiger partial charge on any atom is 0.0335 e. The van der Waals surface area contributed by atoms with Crippen molar-refractivity contribution in [3.05, 3.63) is 30.1 Å². The fourth-order valence-corrected chi connectivity index (χ4v) is 1.96. The molecule has 84 valence electrons. The zero-order chi connectivity index (χ0) is 11.1. The first-order valence-electron chi connectivity index (χ1n) is 5.88. The summed E-state index contributed by atoms with van der Waals surface area (Å²) in [5.41, 5.74) is 1.30. The van der Waals surface area contributed by atoms with Crippen molar-refractivity contribution >= 4 is 0 Å². The molecule has 2 heteroatoms. The van der Waals surface area contributed by atoms with Crippen LogP contribution in [0.1, 0.15) is 44.7 Å². The predicted octanol–water partition coefficient (Wildman–Crippen LogP) is 3.17. The molecule has 1 rings (SSSR count). The van der Waals surface area contributed by atoms with E-state index >= 15 is 0 Å². The smallest absolute Gasteiger partial charge is 0.0335 e. The number of rotatable bonds is 6. The third-order valence-electron chi connectivity index (χ3n) is 3.16. The molecule has 1 aromatic heterocycles. The van der Waals surface area contributed by atoms with E-state index in [4.69, 9.17) is 0 Å².